The van der Waals surface area contributed by atoms with E-state index in [4.69, 9.17) is 23.7 Å². The summed E-state index contributed by atoms with van der Waals surface area (Å²) in [7, 11) is 0. The lowest BCUT2D eigenvalue weighted by Gasteiger charge is -2.61. The Labute approximate surface area is 224 Å². The lowest BCUT2D eigenvalue weighted by atomic mass is 9.49. The number of fused-ring (bicyclic) bond motifs is 1. The minimum atomic E-state index is -0.940. The van der Waals surface area contributed by atoms with Crippen LogP contribution < -0.4 is 0 Å². The van der Waals surface area contributed by atoms with Gasteiger partial charge in [-0.2, -0.15) is 0 Å². The standard InChI is InChI=1S/C30H40O8/c1-7-11-23(32)35-21-14-17(2)30-16-20(28(4,5)38-30)15-22(29(30,6)26(21)34-18(3)31)36-27(33)25-24(37-25)19-12-9-8-10-13-19/h8-10,12-13,17,20-22,24-26H,7,11,14-16H2,1-6H3. The second kappa shape index (κ2) is 9.63. The first-order valence-corrected chi connectivity index (χ1v) is 13.9. The van der Waals surface area contributed by atoms with Gasteiger partial charge in [-0.15, -0.1) is 0 Å². The van der Waals surface area contributed by atoms with Crippen LogP contribution in [0.15, 0.2) is 30.3 Å². The maximum atomic E-state index is 13.4. The van der Waals surface area contributed by atoms with E-state index in [1.54, 1.807) is 0 Å². The highest BCUT2D eigenvalue weighted by molar-refractivity contribution is 5.79. The van der Waals surface area contributed by atoms with Crippen molar-refractivity contribution in [2.45, 2.75) is 115 Å². The van der Waals surface area contributed by atoms with Crippen molar-refractivity contribution < 1.29 is 38.1 Å². The molecule has 2 saturated carbocycles. The molecular weight excluding hydrogens is 488 g/mol. The first-order chi connectivity index (χ1) is 17.9. The molecule has 8 nitrogen and oxygen atoms in total. The highest BCUT2D eigenvalue weighted by Crippen LogP contribution is 2.67. The van der Waals surface area contributed by atoms with E-state index < -0.39 is 53.0 Å². The van der Waals surface area contributed by atoms with E-state index in [-0.39, 0.29) is 30.3 Å². The maximum absolute atomic E-state index is 13.4. The maximum Gasteiger partial charge on any atom is 0.338 e. The zero-order valence-electron chi connectivity index (χ0n) is 23.2. The Bertz CT molecular complexity index is 1080. The minimum Gasteiger partial charge on any atom is -0.460 e. The molecule has 2 aliphatic heterocycles. The predicted molar refractivity (Wildman–Crippen MR) is 137 cm³/mol. The summed E-state index contributed by atoms with van der Waals surface area (Å²) in [4.78, 5) is 38.5. The normalized spacial score (nSPS) is 40.5. The van der Waals surface area contributed by atoms with E-state index in [1.165, 1.54) is 6.92 Å². The molecule has 208 valence electrons. The van der Waals surface area contributed by atoms with Gasteiger partial charge in [0.1, 0.15) is 18.3 Å². The zero-order chi connectivity index (χ0) is 27.5. The van der Waals surface area contributed by atoms with E-state index in [0.717, 1.165) is 12.0 Å². The molecule has 0 radical (unpaired) electrons. The molecule has 2 bridgehead atoms. The average Bonchev–Trinajstić information content (AvgIpc) is 3.61. The van der Waals surface area contributed by atoms with Crippen LogP contribution in [0.25, 0.3) is 0 Å². The van der Waals surface area contributed by atoms with Crippen LogP contribution in [0.4, 0.5) is 0 Å². The van der Waals surface area contributed by atoms with Gasteiger partial charge in [-0.1, -0.05) is 44.2 Å². The van der Waals surface area contributed by atoms with Gasteiger partial charge in [0.25, 0.3) is 0 Å². The van der Waals surface area contributed by atoms with Crippen LogP contribution >= 0.6 is 0 Å². The predicted octanol–water partition coefficient (Wildman–Crippen LogP) is 4.69. The zero-order valence-corrected chi connectivity index (χ0v) is 23.2. The first-order valence-electron chi connectivity index (χ1n) is 13.9. The van der Waals surface area contributed by atoms with Gasteiger partial charge < -0.3 is 23.7 Å². The summed E-state index contributed by atoms with van der Waals surface area (Å²) in [5.74, 6) is -1.11. The van der Waals surface area contributed by atoms with Crippen LogP contribution in [0, 0.1) is 17.3 Å². The lowest BCUT2D eigenvalue weighted by Crippen LogP contribution is -2.71. The smallest absolute Gasteiger partial charge is 0.338 e. The van der Waals surface area contributed by atoms with Crippen molar-refractivity contribution >= 4 is 17.9 Å². The second-order valence-corrected chi connectivity index (χ2v) is 12.3. The van der Waals surface area contributed by atoms with Crippen molar-refractivity contribution in [3.63, 3.8) is 0 Å². The van der Waals surface area contributed by atoms with E-state index in [2.05, 4.69) is 20.8 Å². The Morgan fingerprint density at radius 2 is 1.74 bits per heavy atom. The summed E-state index contributed by atoms with van der Waals surface area (Å²) in [6.45, 7) is 11.5. The number of benzene rings is 1. The van der Waals surface area contributed by atoms with Crippen LogP contribution in [-0.4, -0.2) is 53.5 Å². The van der Waals surface area contributed by atoms with Gasteiger partial charge in [-0.05, 0) is 63.9 Å². The third-order valence-corrected chi connectivity index (χ3v) is 9.51. The Morgan fingerprint density at radius 3 is 2.39 bits per heavy atom. The third-order valence-electron chi connectivity index (χ3n) is 9.51. The molecule has 5 rings (SSSR count). The number of rotatable bonds is 7. The Hall–Kier alpha value is -2.45. The minimum absolute atomic E-state index is 0.0289. The lowest BCUT2D eigenvalue weighted by molar-refractivity contribution is -0.285. The summed E-state index contributed by atoms with van der Waals surface area (Å²) in [6, 6.07) is 9.60. The van der Waals surface area contributed by atoms with Gasteiger partial charge in [-0.25, -0.2) is 4.79 Å². The van der Waals surface area contributed by atoms with Crippen molar-refractivity contribution in [2.24, 2.45) is 17.3 Å². The Morgan fingerprint density at radius 1 is 1.03 bits per heavy atom. The van der Waals surface area contributed by atoms with Crippen molar-refractivity contribution in [1.82, 2.24) is 0 Å². The molecule has 38 heavy (non-hydrogen) atoms. The van der Waals surface area contributed by atoms with Crippen LogP contribution in [0.2, 0.25) is 0 Å². The van der Waals surface area contributed by atoms with E-state index >= 15 is 0 Å². The van der Waals surface area contributed by atoms with Crippen molar-refractivity contribution in [3.8, 4) is 0 Å². The molecule has 4 fully saturated rings. The fraction of sp³-hybridized carbons (Fsp3) is 0.700. The molecule has 0 aromatic heterocycles. The summed E-state index contributed by atoms with van der Waals surface area (Å²) < 4.78 is 30.9. The molecule has 0 amide bonds. The number of esters is 3. The number of carbonyl (C=O) groups excluding carboxylic acids is 3. The van der Waals surface area contributed by atoms with Gasteiger partial charge in [0, 0.05) is 13.3 Å². The summed E-state index contributed by atoms with van der Waals surface area (Å²) in [5, 5.41) is 0. The van der Waals surface area contributed by atoms with E-state index in [0.29, 0.717) is 19.3 Å². The van der Waals surface area contributed by atoms with Crippen molar-refractivity contribution in [3.05, 3.63) is 35.9 Å². The van der Waals surface area contributed by atoms with Crippen LogP contribution in [0.5, 0.6) is 0 Å². The average molecular weight is 529 g/mol. The highest BCUT2D eigenvalue weighted by atomic mass is 16.6. The Kier molecular flexibility index (Phi) is 6.87. The fourth-order valence-electron chi connectivity index (χ4n) is 7.47. The SMILES string of the molecule is CCCC(=O)OC1CC(C)C23CC(CC(OC(=O)C4OC4c4ccccc4)C2(C)C1OC(C)=O)C(C)(C)O3. The molecule has 9 unspecified atom stereocenters. The molecular formula is C30H40O8. The molecule has 2 saturated heterocycles. The van der Waals surface area contributed by atoms with Crippen LogP contribution in [0.1, 0.15) is 85.3 Å². The molecule has 4 aliphatic rings. The van der Waals surface area contributed by atoms with Gasteiger partial charge in [0.05, 0.1) is 16.6 Å². The third kappa shape index (κ3) is 4.34. The van der Waals surface area contributed by atoms with Gasteiger partial charge in [0.15, 0.2) is 12.2 Å². The molecule has 9 atom stereocenters. The molecule has 0 N–H and O–H groups in total. The number of hydrogen-bond donors (Lipinski definition) is 0. The molecule has 8 heteroatoms. The number of carbonyl (C=O) groups is 3. The summed E-state index contributed by atoms with van der Waals surface area (Å²) in [5.41, 5.74) is -1.19. The van der Waals surface area contributed by atoms with Crippen molar-refractivity contribution in [1.29, 1.82) is 0 Å². The van der Waals surface area contributed by atoms with Gasteiger partial charge >= 0.3 is 17.9 Å². The van der Waals surface area contributed by atoms with Crippen molar-refractivity contribution in [2.75, 3.05) is 0 Å². The highest BCUT2D eigenvalue weighted by Gasteiger charge is 2.75. The van der Waals surface area contributed by atoms with Crippen LogP contribution in [0.3, 0.4) is 0 Å². The molecule has 1 aromatic carbocycles. The molecule has 1 spiro atoms. The molecule has 1 aromatic rings. The molecule has 2 aliphatic carbocycles. The monoisotopic (exact) mass is 528 g/mol. The number of epoxide rings is 1. The number of ether oxygens (including phenoxy) is 5. The van der Waals surface area contributed by atoms with E-state index in [9.17, 15) is 14.4 Å². The summed E-state index contributed by atoms with van der Waals surface area (Å²) in [6.07, 6.45) is -0.381. The Balaban J connectivity index is 1.49. The quantitative estimate of drug-likeness (QED) is 0.286. The first kappa shape index (κ1) is 27.1. The largest absolute Gasteiger partial charge is 0.460 e. The topological polar surface area (TPSA) is 101 Å². The second-order valence-electron chi connectivity index (χ2n) is 12.3. The van der Waals surface area contributed by atoms with Crippen LogP contribution in [-0.2, 0) is 38.1 Å². The molecule has 2 heterocycles. The fourth-order valence-corrected chi connectivity index (χ4v) is 7.47. The van der Waals surface area contributed by atoms with Gasteiger partial charge in [-0.3, -0.25) is 9.59 Å². The van der Waals surface area contributed by atoms with Gasteiger partial charge in [0.2, 0.25) is 0 Å². The van der Waals surface area contributed by atoms with E-state index in [1.807, 2.05) is 44.2 Å². The number of hydrogen-bond acceptors (Lipinski definition) is 8. The summed E-state index contributed by atoms with van der Waals surface area (Å²) >= 11 is 0.